The Morgan fingerprint density at radius 1 is 1.10 bits per heavy atom. The molecule has 0 radical (unpaired) electrons. The maximum atomic E-state index is 4.64. The summed E-state index contributed by atoms with van der Waals surface area (Å²) in [6.45, 7) is 5.99. The van der Waals surface area contributed by atoms with Crippen molar-refractivity contribution in [2.75, 3.05) is 18.4 Å². The molecule has 3 rings (SSSR count). The molecular formula is C15H19N5. The second kappa shape index (κ2) is 5.54. The van der Waals surface area contributed by atoms with E-state index in [2.05, 4.69) is 25.6 Å². The Morgan fingerprint density at radius 3 is 2.75 bits per heavy atom. The number of nitrogens with one attached hydrogen (secondary N) is 2. The zero-order valence-corrected chi connectivity index (χ0v) is 11.8. The third-order valence-corrected chi connectivity index (χ3v) is 3.44. The quantitative estimate of drug-likeness (QED) is 0.895. The number of rotatable bonds is 3. The zero-order valence-electron chi connectivity index (χ0n) is 11.8. The normalized spacial score (nSPS) is 18.2. The van der Waals surface area contributed by atoms with Gasteiger partial charge in [0.25, 0.3) is 0 Å². The van der Waals surface area contributed by atoms with Crippen molar-refractivity contribution in [1.82, 2.24) is 20.3 Å². The summed E-state index contributed by atoms with van der Waals surface area (Å²) in [7, 11) is 0. The highest BCUT2D eigenvalue weighted by atomic mass is 15.1. The van der Waals surface area contributed by atoms with E-state index in [4.69, 9.17) is 0 Å². The molecule has 0 bridgehead atoms. The van der Waals surface area contributed by atoms with Gasteiger partial charge < -0.3 is 10.6 Å². The van der Waals surface area contributed by atoms with Crippen LogP contribution in [0, 0.1) is 13.8 Å². The van der Waals surface area contributed by atoms with E-state index in [1.807, 2.05) is 38.1 Å². The van der Waals surface area contributed by atoms with Crippen LogP contribution in [0.4, 0.5) is 11.6 Å². The van der Waals surface area contributed by atoms with Crippen molar-refractivity contribution < 1.29 is 0 Å². The van der Waals surface area contributed by atoms with Gasteiger partial charge in [0.05, 0.1) is 0 Å². The van der Waals surface area contributed by atoms with Gasteiger partial charge in [-0.05, 0) is 38.9 Å². The Kier molecular flexibility index (Phi) is 3.60. The van der Waals surface area contributed by atoms with Crippen molar-refractivity contribution >= 4 is 11.6 Å². The second-order valence-corrected chi connectivity index (χ2v) is 5.23. The maximum absolute atomic E-state index is 4.64. The molecule has 2 aromatic rings. The molecule has 0 unspecified atom stereocenters. The molecule has 1 aliphatic rings. The molecule has 0 amide bonds. The molecule has 1 atom stereocenters. The summed E-state index contributed by atoms with van der Waals surface area (Å²) < 4.78 is 0. The number of aromatic nitrogens is 3. The number of pyridine rings is 1. The first-order chi connectivity index (χ1) is 9.70. The third-order valence-electron chi connectivity index (χ3n) is 3.44. The molecule has 2 N–H and O–H groups in total. The Bertz CT molecular complexity index is 605. The molecule has 0 aromatic carbocycles. The van der Waals surface area contributed by atoms with Crippen molar-refractivity contribution in [1.29, 1.82) is 0 Å². The van der Waals surface area contributed by atoms with Gasteiger partial charge in [-0.1, -0.05) is 6.07 Å². The number of anilines is 2. The predicted molar refractivity (Wildman–Crippen MR) is 79.3 cm³/mol. The van der Waals surface area contributed by atoms with Gasteiger partial charge in [-0.2, -0.15) is 0 Å². The number of aryl methyl sites for hydroxylation is 2. The average Bonchev–Trinajstić information content (AvgIpc) is 2.91. The molecule has 0 spiro atoms. The van der Waals surface area contributed by atoms with E-state index in [1.165, 1.54) is 0 Å². The van der Waals surface area contributed by atoms with Crippen LogP contribution in [0.5, 0.6) is 0 Å². The lowest BCUT2D eigenvalue weighted by Crippen LogP contribution is -2.11. The Hall–Kier alpha value is -2.01. The van der Waals surface area contributed by atoms with E-state index in [1.54, 1.807) is 0 Å². The van der Waals surface area contributed by atoms with Crippen molar-refractivity contribution in [2.45, 2.75) is 26.2 Å². The molecule has 5 nitrogen and oxygen atoms in total. The molecule has 1 fully saturated rings. The van der Waals surface area contributed by atoms with Crippen LogP contribution in [0.3, 0.4) is 0 Å². The Morgan fingerprint density at radius 2 is 2.00 bits per heavy atom. The molecule has 1 saturated heterocycles. The second-order valence-electron chi connectivity index (χ2n) is 5.23. The molecule has 2 aromatic heterocycles. The highest BCUT2D eigenvalue weighted by Gasteiger charge is 2.20. The lowest BCUT2D eigenvalue weighted by molar-refractivity contribution is 0.698. The van der Waals surface area contributed by atoms with Gasteiger partial charge >= 0.3 is 0 Å². The van der Waals surface area contributed by atoms with Crippen LogP contribution in [-0.2, 0) is 0 Å². The SMILES string of the molecule is Cc1cccc(Nc2cc(C)nc([C@H]3CCNC3)n2)n1. The summed E-state index contributed by atoms with van der Waals surface area (Å²) in [6.07, 6.45) is 1.10. The van der Waals surface area contributed by atoms with Gasteiger partial charge in [0.15, 0.2) is 0 Å². The van der Waals surface area contributed by atoms with Crippen LogP contribution in [0.25, 0.3) is 0 Å². The topological polar surface area (TPSA) is 62.7 Å². The Labute approximate surface area is 118 Å². The minimum atomic E-state index is 0.418. The van der Waals surface area contributed by atoms with Crippen molar-refractivity contribution in [3.8, 4) is 0 Å². The van der Waals surface area contributed by atoms with Gasteiger partial charge in [-0.3, -0.25) is 0 Å². The zero-order chi connectivity index (χ0) is 13.9. The fraction of sp³-hybridized carbons (Fsp3) is 0.400. The summed E-state index contributed by atoms with van der Waals surface area (Å²) in [5.41, 5.74) is 1.97. The summed E-state index contributed by atoms with van der Waals surface area (Å²) >= 11 is 0. The smallest absolute Gasteiger partial charge is 0.135 e. The highest BCUT2D eigenvalue weighted by molar-refractivity contribution is 5.52. The first kappa shape index (κ1) is 13.0. The fourth-order valence-electron chi connectivity index (χ4n) is 2.46. The van der Waals surface area contributed by atoms with Crippen LogP contribution >= 0.6 is 0 Å². The van der Waals surface area contributed by atoms with E-state index in [0.29, 0.717) is 5.92 Å². The van der Waals surface area contributed by atoms with Gasteiger partial charge in [0, 0.05) is 29.9 Å². The van der Waals surface area contributed by atoms with Crippen LogP contribution in [0.2, 0.25) is 0 Å². The van der Waals surface area contributed by atoms with E-state index >= 15 is 0 Å². The predicted octanol–water partition coefficient (Wildman–Crippen LogP) is 2.31. The molecule has 0 saturated carbocycles. The molecule has 3 heterocycles. The molecule has 0 aliphatic carbocycles. The molecule has 104 valence electrons. The lowest BCUT2D eigenvalue weighted by Gasteiger charge is -2.11. The minimum absolute atomic E-state index is 0.418. The Balaban J connectivity index is 1.85. The first-order valence-corrected chi connectivity index (χ1v) is 6.98. The highest BCUT2D eigenvalue weighted by Crippen LogP contribution is 2.22. The van der Waals surface area contributed by atoms with Crippen LogP contribution in [-0.4, -0.2) is 28.0 Å². The molecular weight excluding hydrogens is 250 g/mol. The van der Waals surface area contributed by atoms with E-state index in [9.17, 15) is 0 Å². The van der Waals surface area contributed by atoms with Crippen LogP contribution in [0.15, 0.2) is 24.3 Å². The van der Waals surface area contributed by atoms with Gasteiger partial charge in [-0.15, -0.1) is 0 Å². The molecule has 20 heavy (non-hydrogen) atoms. The van der Waals surface area contributed by atoms with Gasteiger partial charge in [0.2, 0.25) is 0 Å². The monoisotopic (exact) mass is 269 g/mol. The lowest BCUT2D eigenvalue weighted by atomic mass is 10.1. The van der Waals surface area contributed by atoms with Crippen LogP contribution in [0.1, 0.15) is 29.6 Å². The van der Waals surface area contributed by atoms with Crippen LogP contribution < -0.4 is 10.6 Å². The summed E-state index contributed by atoms with van der Waals surface area (Å²) in [4.78, 5) is 13.6. The van der Waals surface area contributed by atoms with E-state index < -0.39 is 0 Å². The molecule has 5 heteroatoms. The van der Waals surface area contributed by atoms with Crippen molar-refractivity contribution in [3.05, 3.63) is 41.5 Å². The van der Waals surface area contributed by atoms with E-state index in [0.717, 1.165) is 48.4 Å². The average molecular weight is 269 g/mol. The minimum Gasteiger partial charge on any atom is -0.325 e. The summed E-state index contributed by atoms with van der Waals surface area (Å²) in [5.74, 6) is 2.97. The number of hydrogen-bond donors (Lipinski definition) is 2. The standard InChI is InChI=1S/C15H19N5/c1-10-4-3-5-13(17-10)19-14-8-11(2)18-15(20-14)12-6-7-16-9-12/h3-5,8,12,16H,6-7,9H2,1-2H3,(H,17,18,19,20)/t12-/m0/s1. The fourth-order valence-corrected chi connectivity index (χ4v) is 2.46. The van der Waals surface area contributed by atoms with Crippen molar-refractivity contribution in [3.63, 3.8) is 0 Å². The van der Waals surface area contributed by atoms with Gasteiger partial charge in [0.1, 0.15) is 17.5 Å². The summed E-state index contributed by atoms with van der Waals surface area (Å²) in [6, 6.07) is 7.86. The first-order valence-electron chi connectivity index (χ1n) is 6.98. The largest absolute Gasteiger partial charge is 0.325 e. The summed E-state index contributed by atoms with van der Waals surface area (Å²) in [5, 5.41) is 6.62. The molecule has 1 aliphatic heterocycles. The van der Waals surface area contributed by atoms with Gasteiger partial charge in [-0.25, -0.2) is 15.0 Å². The number of hydrogen-bond acceptors (Lipinski definition) is 5. The van der Waals surface area contributed by atoms with E-state index in [-0.39, 0.29) is 0 Å². The maximum Gasteiger partial charge on any atom is 0.135 e. The third kappa shape index (κ3) is 2.93. The number of nitrogens with zero attached hydrogens (tertiary/aromatic N) is 3. The van der Waals surface area contributed by atoms with Crippen molar-refractivity contribution in [2.24, 2.45) is 0 Å².